The summed E-state index contributed by atoms with van der Waals surface area (Å²) >= 11 is 11.5. The topological polar surface area (TPSA) is 97.2 Å². The molecule has 3 aromatic carbocycles. The van der Waals surface area contributed by atoms with E-state index in [2.05, 4.69) is 10.5 Å². The summed E-state index contributed by atoms with van der Waals surface area (Å²) in [5.41, 5.74) is -0.0345. The summed E-state index contributed by atoms with van der Waals surface area (Å²) in [6.07, 6.45) is -5.44. The highest BCUT2D eigenvalue weighted by molar-refractivity contribution is 7.85. The van der Waals surface area contributed by atoms with E-state index in [-0.39, 0.29) is 16.2 Å². The van der Waals surface area contributed by atoms with Crippen molar-refractivity contribution in [2.45, 2.75) is 42.2 Å². The standard InChI is InChI=1S/C20H14Cl2F4N2O2.C7H8O3S/c21-14-4-12(5-15(22)17(14)23)19(20(24,25)26)6-16(28-30-19)10-1-2-13-11(3-10)7-29-18(13)8-27-9-18;1-6-2-4-7(5-3-6)11(8,9)10/h1-5,27H,6-9H2;2-5H,1H3,(H,8,9,10)/t19-;/m0./s1. The molecule has 1 spiro atoms. The highest BCUT2D eigenvalue weighted by Crippen LogP contribution is 2.50. The number of rotatable bonds is 3. The number of alkyl halides is 3. The molecule has 0 amide bonds. The van der Waals surface area contributed by atoms with Gasteiger partial charge in [-0.3, -0.25) is 4.55 Å². The molecule has 1 atom stereocenters. The van der Waals surface area contributed by atoms with Crippen LogP contribution < -0.4 is 5.32 Å². The van der Waals surface area contributed by atoms with Gasteiger partial charge in [-0.2, -0.15) is 21.6 Å². The molecule has 3 aliphatic heterocycles. The Balaban J connectivity index is 0.000000259. The molecule has 3 heterocycles. The van der Waals surface area contributed by atoms with E-state index >= 15 is 0 Å². The summed E-state index contributed by atoms with van der Waals surface area (Å²) in [7, 11) is -4.02. The Bertz CT molecular complexity index is 1620. The molecule has 41 heavy (non-hydrogen) atoms. The zero-order chi connectivity index (χ0) is 29.8. The smallest absolute Gasteiger partial charge is 0.374 e. The third-order valence-corrected chi connectivity index (χ3v) is 8.63. The van der Waals surface area contributed by atoms with E-state index in [4.69, 9.17) is 37.3 Å². The molecule has 0 aliphatic carbocycles. The van der Waals surface area contributed by atoms with Gasteiger partial charge in [0.1, 0.15) is 5.60 Å². The van der Waals surface area contributed by atoms with Crippen molar-refractivity contribution in [3.8, 4) is 0 Å². The maximum Gasteiger partial charge on any atom is 0.435 e. The molecule has 1 saturated heterocycles. The highest BCUT2D eigenvalue weighted by Gasteiger charge is 2.62. The van der Waals surface area contributed by atoms with Crippen LogP contribution in [0.25, 0.3) is 0 Å². The minimum absolute atomic E-state index is 0.0666. The quantitative estimate of drug-likeness (QED) is 0.200. The Kier molecular flexibility index (Phi) is 7.63. The molecule has 1 fully saturated rings. The van der Waals surface area contributed by atoms with E-state index in [0.29, 0.717) is 25.3 Å². The first-order valence-electron chi connectivity index (χ1n) is 12.1. The molecule has 0 unspecified atom stereocenters. The van der Waals surface area contributed by atoms with Gasteiger partial charge in [-0.1, -0.05) is 58.2 Å². The van der Waals surface area contributed by atoms with Crippen LogP contribution >= 0.6 is 23.2 Å². The summed E-state index contributed by atoms with van der Waals surface area (Å²) in [6, 6.07) is 13.1. The summed E-state index contributed by atoms with van der Waals surface area (Å²) in [4.78, 5) is 4.92. The van der Waals surface area contributed by atoms with Crippen LogP contribution in [0.5, 0.6) is 0 Å². The van der Waals surface area contributed by atoms with Gasteiger partial charge in [0.05, 0.1) is 27.3 Å². The van der Waals surface area contributed by atoms with E-state index < -0.39 is 49.7 Å². The first-order valence-corrected chi connectivity index (χ1v) is 14.3. The van der Waals surface area contributed by atoms with Crippen LogP contribution in [0.15, 0.2) is 64.6 Å². The molecule has 2 N–H and O–H groups in total. The third-order valence-electron chi connectivity index (χ3n) is 7.21. The lowest BCUT2D eigenvalue weighted by atomic mass is 9.84. The predicted octanol–water partition coefficient (Wildman–Crippen LogP) is 6.29. The minimum Gasteiger partial charge on any atom is -0.374 e. The van der Waals surface area contributed by atoms with Crippen molar-refractivity contribution in [1.82, 2.24) is 5.32 Å². The molecule has 0 aromatic heterocycles. The molecule has 6 rings (SSSR count). The number of hydrogen-bond donors (Lipinski definition) is 2. The number of aryl methyl sites for hydroxylation is 1. The Morgan fingerprint density at radius 1 is 1.02 bits per heavy atom. The number of nitrogens with one attached hydrogen (secondary N) is 1. The molecule has 3 aliphatic rings. The number of benzene rings is 3. The van der Waals surface area contributed by atoms with Crippen molar-refractivity contribution < 1.29 is 40.1 Å². The van der Waals surface area contributed by atoms with Gasteiger partial charge in [0.15, 0.2) is 5.82 Å². The maximum atomic E-state index is 14.1. The van der Waals surface area contributed by atoms with Crippen molar-refractivity contribution in [3.05, 3.63) is 98.3 Å². The molecular formula is C27H22Cl2F4N2O5S. The van der Waals surface area contributed by atoms with Crippen LogP contribution in [0.4, 0.5) is 17.6 Å². The second-order valence-electron chi connectivity index (χ2n) is 9.93. The first-order chi connectivity index (χ1) is 19.2. The largest absolute Gasteiger partial charge is 0.435 e. The third kappa shape index (κ3) is 5.44. The lowest BCUT2D eigenvalue weighted by Gasteiger charge is -2.39. The van der Waals surface area contributed by atoms with Crippen LogP contribution in [0.1, 0.15) is 34.2 Å². The fourth-order valence-electron chi connectivity index (χ4n) is 4.83. The van der Waals surface area contributed by atoms with Crippen LogP contribution in [-0.2, 0) is 37.5 Å². The van der Waals surface area contributed by atoms with Crippen LogP contribution in [-0.4, -0.2) is 37.9 Å². The Morgan fingerprint density at radius 2 is 1.66 bits per heavy atom. The Labute approximate surface area is 242 Å². The van der Waals surface area contributed by atoms with Crippen molar-refractivity contribution in [3.63, 3.8) is 0 Å². The number of fused-ring (bicyclic) bond motifs is 2. The number of ether oxygens (including phenoxy) is 1. The molecule has 7 nitrogen and oxygen atoms in total. The lowest BCUT2D eigenvalue weighted by Crippen LogP contribution is -2.56. The van der Waals surface area contributed by atoms with E-state index in [1.54, 1.807) is 24.3 Å². The van der Waals surface area contributed by atoms with Crippen molar-refractivity contribution >= 4 is 39.0 Å². The summed E-state index contributed by atoms with van der Waals surface area (Å²) in [5.74, 6) is -0.989. The van der Waals surface area contributed by atoms with Gasteiger partial charge in [0, 0.05) is 25.1 Å². The predicted molar refractivity (Wildman–Crippen MR) is 143 cm³/mol. The first kappa shape index (κ1) is 29.7. The van der Waals surface area contributed by atoms with E-state index in [0.717, 1.165) is 28.8 Å². The molecule has 0 saturated carbocycles. The summed E-state index contributed by atoms with van der Waals surface area (Å²) in [5, 5.41) is 5.87. The normalized spacial score (nSPS) is 20.9. The monoisotopic (exact) mass is 632 g/mol. The van der Waals surface area contributed by atoms with Gasteiger partial charge in [-0.25, -0.2) is 4.39 Å². The fourth-order valence-corrected chi connectivity index (χ4v) is 5.80. The minimum atomic E-state index is -4.84. The second kappa shape index (κ2) is 10.5. The van der Waals surface area contributed by atoms with Gasteiger partial charge in [0.2, 0.25) is 0 Å². The van der Waals surface area contributed by atoms with Crippen LogP contribution in [0.2, 0.25) is 10.0 Å². The highest BCUT2D eigenvalue weighted by atomic mass is 35.5. The molecule has 218 valence electrons. The fraction of sp³-hybridized carbons (Fsp3) is 0.296. The average Bonchev–Trinajstić information content (AvgIpc) is 3.50. The van der Waals surface area contributed by atoms with E-state index in [9.17, 15) is 26.0 Å². The van der Waals surface area contributed by atoms with Crippen molar-refractivity contribution in [2.75, 3.05) is 13.1 Å². The number of oxime groups is 1. The van der Waals surface area contributed by atoms with Crippen molar-refractivity contribution in [2.24, 2.45) is 5.16 Å². The van der Waals surface area contributed by atoms with Gasteiger partial charge >= 0.3 is 6.18 Å². The van der Waals surface area contributed by atoms with E-state index in [1.165, 1.54) is 12.1 Å². The Hall–Kier alpha value is -2.74. The molecule has 3 aromatic rings. The van der Waals surface area contributed by atoms with Crippen LogP contribution in [0, 0.1) is 12.7 Å². The zero-order valence-electron chi connectivity index (χ0n) is 21.2. The van der Waals surface area contributed by atoms with Gasteiger partial charge < -0.3 is 14.9 Å². The van der Waals surface area contributed by atoms with Crippen LogP contribution in [0.3, 0.4) is 0 Å². The number of nitrogens with zero attached hydrogens (tertiary/aromatic N) is 1. The SMILES string of the molecule is Cc1ccc(S(=O)(=O)O)cc1.Fc1c(Cl)cc([C@]2(C(F)(F)F)CC(c3ccc4c(c3)COC43CNC3)=NO2)cc1Cl. The molecule has 14 heteroatoms. The summed E-state index contributed by atoms with van der Waals surface area (Å²) in [6.45, 7) is 3.62. The second-order valence-corrected chi connectivity index (χ2v) is 12.2. The average molecular weight is 633 g/mol. The molecule has 0 bridgehead atoms. The Morgan fingerprint density at radius 3 is 2.20 bits per heavy atom. The molecule has 0 radical (unpaired) electrons. The molecular weight excluding hydrogens is 611 g/mol. The maximum absolute atomic E-state index is 14.1. The number of halogens is 6. The lowest BCUT2D eigenvalue weighted by molar-refractivity contribution is -0.275. The van der Waals surface area contributed by atoms with Gasteiger partial charge in [0.25, 0.3) is 15.7 Å². The van der Waals surface area contributed by atoms with Crippen molar-refractivity contribution in [1.29, 1.82) is 0 Å². The zero-order valence-corrected chi connectivity index (χ0v) is 23.6. The van der Waals surface area contributed by atoms with E-state index in [1.807, 2.05) is 13.0 Å². The number of hydrogen-bond acceptors (Lipinski definition) is 6. The summed E-state index contributed by atoms with van der Waals surface area (Å²) < 4.78 is 91.6. The van der Waals surface area contributed by atoms with Gasteiger partial charge in [-0.15, -0.1) is 0 Å². The van der Waals surface area contributed by atoms with Gasteiger partial charge in [-0.05, 0) is 53.9 Å².